The average Bonchev–Trinajstić information content (AvgIpc) is 1.69. The Kier molecular flexibility index (Phi) is 24.1. The van der Waals surface area contributed by atoms with Crippen molar-refractivity contribution in [3.8, 4) is 0 Å². The molecule has 0 aromatic carbocycles. The minimum Gasteiger partial charge on any atom is -0.394 e. The number of aliphatic hydroxyl groups is 2. The van der Waals surface area contributed by atoms with Crippen LogP contribution in [0.15, 0.2) is 0 Å². The van der Waals surface area contributed by atoms with E-state index in [9.17, 15) is 4.39 Å². The third-order valence-corrected chi connectivity index (χ3v) is 0.1000. The van der Waals surface area contributed by atoms with Gasteiger partial charge in [0.05, 0.1) is 19.9 Å². The number of hydrogen-bond donors (Lipinski definition) is 2. The van der Waals surface area contributed by atoms with E-state index >= 15 is 0 Å². The molecule has 0 aromatic rings. The van der Waals surface area contributed by atoms with Crippen LogP contribution in [-0.2, 0) is 0 Å². The monoisotopic (exact) mass is 110 g/mol. The number of alkyl halides is 1. The minimum absolute atomic E-state index is 0.125. The van der Waals surface area contributed by atoms with Gasteiger partial charge in [0.15, 0.2) is 0 Å². The molecule has 0 bridgehead atoms. The first kappa shape index (κ1) is 9.97. The molecule has 0 aromatic heterocycles. The summed E-state index contributed by atoms with van der Waals surface area (Å²) in [5.74, 6) is 0. The Morgan fingerprint density at radius 1 is 1.29 bits per heavy atom. The largest absolute Gasteiger partial charge is 0.394 e. The summed E-state index contributed by atoms with van der Waals surface area (Å²) in [6.45, 7) is 0.958. The molecule has 0 rings (SSSR count). The maximum absolute atomic E-state index is 10.3. The van der Waals surface area contributed by atoms with E-state index in [-0.39, 0.29) is 19.9 Å². The summed E-state index contributed by atoms with van der Waals surface area (Å²) in [7, 11) is 0. The van der Waals surface area contributed by atoms with Crippen molar-refractivity contribution in [1.82, 2.24) is 0 Å². The molecular formula is C4H11FO2. The predicted octanol–water partition coefficient (Wildman–Crippen LogP) is -0.0532. The summed E-state index contributed by atoms with van der Waals surface area (Å²) in [5.41, 5.74) is 0. The van der Waals surface area contributed by atoms with Gasteiger partial charge in [-0.25, -0.2) is 0 Å². The van der Waals surface area contributed by atoms with Crippen molar-refractivity contribution < 1.29 is 14.6 Å². The maximum atomic E-state index is 10.3. The molecule has 0 unspecified atom stereocenters. The Hall–Kier alpha value is -0.150. The van der Waals surface area contributed by atoms with Gasteiger partial charge in [0.1, 0.15) is 0 Å². The molecule has 0 aliphatic carbocycles. The molecule has 0 atom stereocenters. The molecule has 0 amide bonds. The van der Waals surface area contributed by atoms with E-state index in [0.717, 1.165) is 0 Å². The van der Waals surface area contributed by atoms with Gasteiger partial charge in [0.2, 0.25) is 0 Å². The Bertz CT molecular complexity index is 17.2. The molecule has 46 valence electrons. The van der Waals surface area contributed by atoms with Crippen molar-refractivity contribution in [2.45, 2.75) is 6.92 Å². The van der Waals surface area contributed by atoms with E-state index in [2.05, 4.69) is 0 Å². The van der Waals surface area contributed by atoms with Crippen LogP contribution in [0.25, 0.3) is 0 Å². The highest BCUT2D eigenvalue weighted by atomic mass is 19.1. The molecule has 0 saturated heterocycles. The summed E-state index contributed by atoms with van der Waals surface area (Å²) >= 11 is 0. The van der Waals surface area contributed by atoms with Crippen molar-refractivity contribution in [2.75, 3.05) is 19.9 Å². The first-order chi connectivity index (χ1) is 3.33. The molecule has 0 aliphatic rings. The third kappa shape index (κ3) is 120. The molecule has 0 radical (unpaired) electrons. The van der Waals surface area contributed by atoms with Crippen molar-refractivity contribution >= 4 is 0 Å². The van der Waals surface area contributed by atoms with E-state index in [1.165, 1.54) is 6.92 Å². The highest BCUT2D eigenvalue weighted by Gasteiger charge is 1.58. The molecule has 2 nitrogen and oxygen atoms in total. The molecule has 0 spiro atoms. The molecule has 0 fully saturated rings. The number of aliphatic hydroxyl groups excluding tert-OH is 2. The maximum Gasteiger partial charge on any atom is 0.0866 e. The van der Waals surface area contributed by atoms with Crippen LogP contribution in [0.2, 0.25) is 0 Å². The SMILES string of the molecule is CCF.OCCO. The zero-order chi connectivity index (χ0) is 6.12. The molecular weight excluding hydrogens is 99.0 g/mol. The summed E-state index contributed by atoms with van der Waals surface area (Å²) in [5, 5.41) is 15.2. The Balaban J connectivity index is 0. The summed E-state index contributed by atoms with van der Waals surface area (Å²) in [4.78, 5) is 0. The lowest BCUT2D eigenvalue weighted by Crippen LogP contribution is -1.85. The van der Waals surface area contributed by atoms with Crippen LogP contribution in [0.3, 0.4) is 0 Å². The van der Waals surface area contributed by atoms with Crippen molar-refractivity contribution in [1.29, 1.82) is 0 Å². The lowest BCUT2D eigenvalue weighted by atomic mass is 10.8. The zero-order valence-electron chi connectivity index (χ0n) is 4.39. The lowest BCUT2D eigenvalue weighted by molar-refractivity contribution is 0.186. The van der Waals surface area contributed by atoms with Crippen molar-refractivity contribution in [3.63, 3.8) is 0 Å². The molecule has 3 heteroatoms. The van der Waals surface area contributed by atoms with Gasteiger partial charge in [-0.05, 0) is 6.92 Å². The van der Waals surface area contributed by atoms with Gasteiger partial charge in [-0.3, -0.25) is 4.39 Å². The van der Waals surface area contributed by atoms with Crippen LogP contribution < -0.4 is 0 Å². The fourth-order valence-electron chi connectivity index (χ4n) is 0. The molecule has 0 saturated carbocycles. The molecule has 7 heavy (non-hydrogen) atoms. The fraction of sp³-hybridized carbons (Fsp3) is 1.00. The summed E-state index contributed by atoms with van der Waals surface area (Å²) in [6, 6.07) is 0. The first-order valence-corrected chi connectivity index (χ1v) is 2.11. The normalized spacial score (nSPS) is 6.86. The van der Waals surface area contributed by atoms with Crippen LogP contribution in [0.1, 0.15) is 6.92 Å². The quantitative estimate of drug-likeness (QED) is 0.496. The summed E-state index contributed by atoms with van der Waals surface area (Å²) < 4.78 is 10.3. The van der Waals surface area contributed by atoms with Crippen LogP contribution in [0.5, 0.6) is 0 Å². The van der Waals surface area contributed by atoms with Gasteiger partial charge in [-0.15, -0.1) is 0 Å². The smallest absolute Gasteiger partial charge is 0.0866 e. The van der Waals surface area contributed by atoms with Crippen molar-refractivity contribution in [2.24, 2.45) is 0 Å². The van der Waals surface area contributed by atoms with E-state index in [4.69, 9.17) is 10.2 Å². The topological polar surface area (TPSA) is 40.5 Å². The second-order valence-corrected chi connectivity index (χ2v) is 0.714. The number of hydrogen-bond acceptors (Lipinski definition) is 2. The fourth-order valence-corrected chi connectivity index (χ4v) is 0. The Morgan fingerprint density at radius 2 is 1.43 bits per heavy atom. The first-order valence-electron chi connectivity index (χ1n) is 2.11. The van der Waals surface area contributed by atoms with Gasteiger partial charge < -0.3 is 10.2 Å². The van der Waals surface area contributed by atoms with E-state index in [0.29, 0.717) is 0 Å². The van der Waals surface area contributed by atoms with Gasteiger partial charge in [0.25, 0.3) is 0 Å². The van der Waals surface area contributed by atoms with E-state index in [1.807, 2.05) is 0 Å². The van der Waals surface area contributed by atoms with E-state index in [1.54, 1.807) is 0 Å². The van der Waals surface area contributed by atoms with Crippen LogP contribution >= 0.6 is 0 Å². The summed E-state index contributed by atoms with van der Waals surface area (Å²) in [6.07, 6.45) is 0. The molecule has 0 aliphatic heterocycles. The second kappa shape index (κ2) is 16.9. The second-order valence-electron chi connectivity index (χ2n) is 0.714. The standard InChI is InChI=1S/C2H5F.C2H6O2/c1-2-3;3-1-2-4/h2H2,1H3;3-4H,1-2H2. The number of rotatable bonds is 1. The van der Waals surface area contributed by atoms with Crippen LogP contribution in [-0.4, -0.2) is 30.1 Å². The lowest BCUT2D eigenvalue weighted by Gasteiger charge is -1.70. The zero-order valence-corrected chi connectivity index (χ0v) is 4.39. The van der Waals surface area contributed by atoms with Crippen LogP contribution in [0, 0.1) is 0 Å². The van der Waals surface area contributed by atoms with Gasteiger partial charge in [-0.2, -0.15) is 0 Å². The van der Waals surface area contributed by atoms with Crippen molar-refractivity contribution in [3.05, 3.63) is 0 Å². The van der Waals surface area contributed by atoms with Gasteiger partial charge in [-0.1, -0.05) is 0 Å². The highest BCUT2D eigenvalue weighted by Crippen LogP contribution is 1.48. The average molecular weight is 110 g/mol. The number of halogens is 1. The van der Waals surface area contributed by atoms with Gasteiger partial charge in [0, 0.05) is 0 Å². The molecule has 0 heterocycles. The Labute approximate surface area is 42.6 Å². The van der Waals surface area contributed by atoms with Gasteiger partial charge >= 0.3 is 0 Å². The predicted molar refractivity (Wildman–Crippen MR) is 25.8 cm³/mol. The Morgan fingerprint density at radius 3 is 1.43 bits per heavy atom. The van der Waals surface area contributed by atoms with E-state index < -0.39 is 0 Å². The highest BCUT2D eigenvalue weighted by molar-refractivity contribution is 4.06. The molecule has 2 N–H and O–H groups in total. The minimum atomic E-state index is -0.250. The third-order valence-electron chi connectivity index (χ3n) is 0.1000. The van der Waals surface area contributed by atoms with Crippen LogP contribution in [0.4, 0.5) is 4.39 Å².